The van der Waals surface area contributed by atoms with Crippen molar-refractivity contribution >= 4 is 5.97 Å². The molecule has 0 aliphatic carbocycles. The van der Waals surface area contributed by atoms with Crippen LogP contribution in [0.15, 0.2) is 48.6 Å². The van der Waals surface area contributed by atoms with Crippen molar-refractivity contribution in [1.82, 2.24) is 0 Å². The zero-order chi connectivity index (χ0) is 45.0. The van der Waals surface area contributed by atoms with Crippen molar-refractivity contribution in [2.45, 2.75) is 256 Å². The zero-order valence-corrected chi connectivity index (χ0v) is 39.9. The molecule has 0 saturated carbocycles. The van der Waals surface area contributed by atoms with Crippen LogP contribution in [0.25, 0.3) is 0 Å². The number of ether oxygens (including phenoxy) is 4. The lowest BCUT2D eigenvalue weighted by Crippen LogP contribution is -2.59. The quantitative estimate of drug-likeness (QED) is 0.0268. The van der Waals surface area contributed by atoms with Crippen LogP contribution in [-0.2, 0) is 23.7 Å². The molecule has 0 bridgehead atoms. The monoisotopic (exact) mass is 877 g/mol. The lowest BCUT2D eigenvalue weighted by molar-refractivity contribution is -0.305. The third-order valence-electron chi connectivity index (χ3n) is 11.7. The van der Waals surface area contributed by atoms with E-state index in [0.29, 0.717) is 13.0 Å². The Kier molecular flexibility index (Phi) is 41.6. The third-order valence-corrected chi connectivity index (χ3v) is 11.7. The molecule has 1 aliphatic heterocycles. The van der Waals surface area contributed by atoms with Crippen molar-refractivity contribution in [2.75, 3.05) is 26.4 Å². The van der Waals surface area contributed by atoms with Gasteiger partial charge in [0, 0.05) is 13.0 Å². The van der Waals surface area contributed by atoms with Crippen LogP contribution in [0.4, 0.5) is 0 Å². The first kappa shape index (κ1) is 58.2. The van der Waals surface area contributed by atoms with Gasteiger partial charge in [-0.15, -0.1) is 0 Å². The van der Waals surface area contributed by atoms with E-state index in [-0.39, 0.29) is 19.2 Å². The van der Waals surface area contributed by atoms with Gasteiger partial charge in [0.1, 0.15) is 30.5 Å². The molecule has 9 nitrogen and oxygen atoms in total. The molecule has 1 aliphatic rings. The highest BCUT2D eigenvalue weighted by molar-refractivity contribution is 5.69. The van der Waals surface area contributed by atoms with Crippen LogP contribution in [-0.4, -0.2) is 89.6 Å². The van der Waals surface area contributed by atoms with Crippen LogP contribution < -0.4 is 0 Å². The molecule has 6 unspecified atom stereocenters. The summed E-state index contributed by atoms with van der Waals surface area (Å²) in [4.78, 5) is 12.8. The minimum absolute atomic E-state index is 0.118. The number of unbranched alkanes of at least 4 members (excludes halogenated alkanes) is 25. The molecule has 4 N–H and O–H groups in total. The predicted molar refractivity (Wildman–Crippen MR) is 256 cm³/mol. The number of hydrogen-bond donors (Lipinski definition) is 4. The number of aliphatic hydroxyl groups excluding tert-OH is 4. The number of aliphatic hydroxyl groups is 4. The fraction of sp³-hybridized carbons (Fsp3) is 0.830. The average molecular weight is 877 g/mol. The van der Waals surface area contributed by atoms with Crippen molar-refractivity contribution in [1.29, 1.82) is 0 Å². The maximum Gasteiger partial charge on any atom is 0.306 e. The Labute approximate surface area is 380 Å². The van der Waals surface area contributed by atoms with E-state index in [1.165, 1.54) is 141 Å². The molecule has 362 valence electrons. The summed E-state index contributed by atoms with van der Waals surface area (Å²) < 4.78 is 22.9. The van der Waals surface area contributed by atoms with Gasteiger partial charge in [0.2, 0.25) is 0 Å². The van der Waals surface area contributed by atoms with Crippen LogP contribution in [0.5, 0.6) is 0 Å². The molecule has 9 heteroatoms. The fourth-order valence-corrected chi connectivity index (χ4v) is 7.67. The number of carbonyl (C=O) groups is 1. The van der Waals surface area contributed by atoms with Gasteiger partial charge < -0.3 is 39.4 Å². The van der Waals surface area contributed by atoms with Gasteiger partial charge in [-0.1, -0.05) is 184 Å². The summed E-state index contributed by atoms with van der Waals surface area (Å²) >= 11 is 0. The highest BCUT2D eigenvalue weighted by atomic mass is 16.7. The molecule has 0 amide bonds. The lowest BCUT2D eigenvalue weighted by Gasteiger charge is -2.39. The molecule has 1 rings (SSSR count). The Morgan fingerprint density at radius 2 is 0.935 bits per heavy atom. The number of rotatable bonds is 44. The maximum absolute atomic E-state index is 12.8. The van der Waals surface area contributed by atoms with Crippen LogP contribution in [0.1, 0.15) is 219 Å². The van der Waals surface area contributed by atoms with Gasteiger partial charge in [-0.05, 0) is 77.0 Å². The summed E-state index contributed by atoms with van der Waals surface area (Å²) in [5.74, 6) is -0.319. The normalized spacial score (nSPS) is 20.1. The molecular weight excluding hydrogens is 781 g/mol. The first-order valence-electron chi connectivity index (χ1n) is 25.7. The smallest absolute Gasteiger partial charge is 0.306 e. The van der Waals surface area contributed by atoms with E-state index in [0.717, 1.165) is 57.8 Å². The number of esters is 1. The van der Waals surface area contributed by atoms with Crippen molar-refractivity contribution < 1.29 is 44.2 Å². The van der Waals surface area contributed by atoms with E-state index in [2.05, 4.69) is 62.5 Å². The number of allylic oxidation sites excluding steroid dienone is 8. The second kappa shape index (κ2) is 44.4. The summed E-state index contributed by atoms with van der Waals surface area (Å²) in [7, 11) is 0. The molecule has 0 aromatic rings. The van der Waals surface area contributed by atoms with Crippen LogP contribution in [0.2, 0.25) is 0 Å². The molecule has 0 radical (unpaired) electrons. The van der Waals surface area contributed by atoms with Gasteiger partial charge in [-0.3, -0.25) is 4.79 Å². The minimum atomic E-state index is -1.54. The van der Waals surface area contributed by atoms with E-state index in [1.54, 1.807) is 0 Å². The van der Waals surface area contributed by atoms with E-state index < -0.39 is 43.4 Å². The van der Waals surface area contributed by atoms with Crippen LogP contribution in [0, 0.1) is 0 Å². The SMILES string of the molecule is CCCCC/C=C\C/C=C\C/C=C\CCCCCCCCCOCC(COC1OC(CO)C(O)C(O)C1O)OC(=O)CCCCCCCCCCC/C=C\CCCCCCCC. The lowest BCUT2D eigenvalue weighted by atomic mass is 9.99. The van der Waals surface area contributed by atoms with E-state index in [9.17, 15) is 25.2 Å². The molecule has 62 heavy (non-hydrogen) atoms. The molecule has 6 atom stereocenters. The van der Waals surface area contributed by atoms with Gasteiger partial charge in [0.15, 0.2) is 6.29 Å². The summed E-state index contributed by atoms with van der Waals surface area (Å²) in [6.45, 7) is 4.52. The van der Waals surface area contributed by atoms with Crippen molar-refractivity contribution in [2.24, 2.45) is 0 Å². The Morgan fingerprint density at radius 3 is 1.45 bits per heavy atom. The Morgan fingerprint density at radius 1 is 0.516 bits per heavy atom. The second-order valence-electron chi connectivity index (χ2n) is 17.6. The minimum Gasteiger partial charge on any atom is -0.457 e. The second-order valence-corrected chi connectivity index (χ2v) is 17.6. The van der Waals surface area contributed by atoms with E-state index in [4.69, 9.17) is 18.9 Å². The van der Waals surface area contributed by atoms with E-state index in [1.807, 2.05) is 0 Å². The van der Waals surface area contributed by atoms with Crippen LogP contribution >= 0.6 is 0 Å². The molecule has 0 aromatic heterocycles. The van der Waals surface area contributed by atoms with Gasteiger partial charge in [0.25, 0.3) is 0 Å². The highest BCUT2D eigenvalue weighted by Gasteiger charge is 2.44. The molecule has 1 saturated heterocycles. The van der Waals surface area contributed by atoms with Gasteiger partial charge in [0.05, 0.1) is 19.8 Å². The highest BCUT2D eigenvalue weighted by Crippen LogP contribution is 2.23. The summed E-state index contributed by atoms with van der Waals surface area (Å²) in [6.07, 6.45) is 48.5. The Balaban J connectivity index is 2.22. The topological polar surface area (TPSA) is 135 Å². The summed E-state index contributed by atoms with van der Waals surface area (Å²) in [6, 6.07) is 0. The van der Waals surface area contributed by atoms with Crippen LogP contribution in [0.3, 0.4) is 0 Å². The van der Waals surface area contributed by atoms with Gasteiger partial charge in [-0.2, -0.15) is 0 Å². The molecule has 1 heterocycles. The standard InChI is InChI=1S/C53H96O9/c1-3-5-7-9-11-13-15-17-19-21-23-25-27-29-31-33-35-37-39-41-43-59-45-47(46-60-53-52(58)51(57)50(56)48(44-54)62-53)61-49(55)42-40-38-36-34-32-30-28-26-24-22-20-18-16-14-12-10-8-6-4-2/h11,13,17-20,23,25,47-48,50-54,56-58H,3-10,12,14-16,21-22,24,26-46H2,1-2H3/b13-11-,19-17-,20-18-,25-23-. The summed E-state index contributed by atoms with van der Waals surface area (Å²) in [5.41, 5.74) is 0. The Bertz CT molecular complexity index is 1090. The van der Waals surface area contributed by atoms with Crippen molar-refractivity contribution in [3.63, 3.8) is 0 Å². The maximum atomic E-state index is 12.8. The van der Waals surface area contributed by atoms with Gasteiger partial charge >= 0.3 is 5.97 Å². The zero-order valence-electron chi connectivity index (χ0n) is 39.9. The molecule has 1 fully saturated rings. The van der Waals surface area contributed by atoms with E-state index >= 15 is 0 Å². The largest absolute Gasteiger partial charge is 0.457 e. The summed E-state index contributed by atoms with van der Waals surface area (Å²) in [5, 5.41) is 40.2. The van der Waals surface area contributed by atoms with Gasteiger partial charge in [-0.25, -0.2) is 0 Å². The molecule has 0 spiro atoms. The fourth-order valence-electron chi connectivity index (χ4n) is 7.67. The number of hydrogen-bond acceptors (Lipinski definition) is 9. The molecule has 0 aromatic carbocycles. The molecular formula is C53H96O9. The first-order valence-corrected chi connectivity index (χ1v) is 25.7. The third kappa shape index (κ3) is 34.5. The van der Waals surface area contributed by atoms with Crippen molar-refractivity contribution in [3.05, 3.63) is 48.6 Å². The first-order chi connectivity index (χ1) is 30.4. The Hall–Kier alpha value is -1.85. The predicted octanol–water partition coefficient (Wildman–Crippen LogP) is 12.5. The average Bonchev–Trinajstić information content (AvgIpc) is 3.27. The van der Waals surface area contributed by atoms with Crippen molar-refractivity contribution in [3.8, 4) is 0 Å². The number of carbonyl (C=O) groups excluding carboxylic acids is 1.